The Morgan fingerprint density at radius 3 is 2.67 bits per heavy atom. The van der Waals surface area contributed by atoms with Crippen LogP contribution in [0.15, 0.2) is 48.7 Å². The summed E-state index contributed by atoms with van der Waals surface area (Å²) in [6.07, 6.45) is 3.60. The van der Waals surface area contributed by atoms with Crippen molar-refractivity contribution in [2.24, 2.45) is 5.92 Å². The zero-order chi connectivity index (χ0) is 16.5. The number of benzene rings is 1. The zero-order valence-electron chi connectivity index (χ0n) is 13.5. The summed E-state index contributed by atoms with van der Waals surface area (Å²) in [6, 6.07) is 13.8. The van der Waals surface area contributed by atoms with E-state index in [-0.39, 0.29) is 23.8 Å². The maximum atomic E-state index is 12.8. The lowest BCUT2D eigenvalue weighted by molar-refractivity contribution is -0.140. The first-order valence-electron chi connectivity index (χ1n) is 8.49. The van der Waals surface area contributed by atoms with E-state index in [2.05, 4.69) is 4.98 Å². The van der Waals surface area contributed by atoms with Gasteiger partial charge in [0.15, 0.2) is 0 Å². The minimum atomic E-state index is -0.0774. The van der Waals surface area contributed by atoms with Crippen molar-refractivity contribution in [2.45, 2.75) is 25.4 Å². The Kier molecular flexibility index (Phi) is 3.84. The van der Waals surface area contributed by atoms with E-state index >= 15 is 0 Å². The molecular formula is C19H21N3O2. The van der Waals surface area contributed by atoms with Crippen LogP contribution >= 0.6 is 0 Å². The molecule has 0 aliphatic carbocycles. The lowest BCUT2D eigenvalue weighted by Crippen LogP contribution is -2.47. The van der Waals surface area contributed by atoms with Gasteiger partial charge in [0, 0.05) is 31.9 Å². The summed E-state index contributed by atoms with van der Waals surface area (Å²) in [7, 11) is 0. The van der Waals surface area contributed by atoms with Gasteiger partial charge in [-0.05, 0) is 30.5 Å². The number of aromatic amines is 1. The molecular weight excluding hydrogens is 302 g/mol. The Bertz CT molecular complexity index is 726. The molecule has 3 fully saturated rings. The highest BCUT2D eigenvalue weighted by molar-refractivity contribution is 5.93. The average molecular weight is 323 g/mol. The van der Waals surface area contributed by atoms with E-state index in [1.807, 2.05) is 46.2 Å². The Balaban J connectivity index is 1.55. The molecule has 1 N–H and O–H groups in total. The molecule has 0 radical (unpaired) electrons. The molecule has 0 saturated carbocycles. The molecule has 24 heavy (non-hydrogen) atoms. The van der Waals surface area contributed by atoms with Crippen LogP contribution in [0.5, 0.6) is 0 Å². The first-order chi connectivity index (χ1) is 11.7. The molecule has 2 bridgehead atoms. The lowest BCUT2D eigenvalue weighted by atomic mass is 9.93. The number of carbonyl (C=O) groups excluding carboxylic acids is 2. The van der Waals surface area contributed by atoms with Gasteiger partial charge >= 0.3 is 0 Å². The molecule has 2 aromatic rings. The highest BCUT2D eigenvalue weighted by atomic mass is 16.2. The van der Waals surface area contributed by atoms with Gasteiger partial charge in [-0.3, -0.25) is 9.59 Å². The Morgan fingerprint density at radius 1 is 1.08 bits per heavy atom. The predicted molar refractivity (Wildman–Crippen MR) is 90.2 cm³/mol. The summed E-state index contributed by atoms with van der Waals surface area (Å²) in [6.45, 7) is 1.77. The second-order valence-electron chi connectivity index (χ2n) is 6.67. The van der Waals surface area contributed by atoms with Gasteiger partial charge in [-0.25, -0.2) is 0 Å². The summed E-state index contributed by atoms with van der Waals surface area (Å²) < 4.78 is 0. The third kappa shape index (κ3) is 2.70. The van der Waals surface area contributed by atoms with Gasteiger partial charge < -0.3 is 14.8 Å². The number of carbonyl (C=O) groups is 2. The summed E-state index contributed by atoms with van der Waals surface area (Å²) in [5.74, 6) is 0.106. The van der Waals surface area contributed by atoms with Crippen LogP contribution in [0.4, 0.5) is 0 Å². The number of fused-ring (bicyclic) bond motifs is 4. The smallest absolute Gasteiger partial charge is 0.270 e. The number of nitrogens with one attached hydrogen (secondary N) is 1. The predicted octanol–water partition coefficient (Wildman–Crippen LogP) is 2.28. The highest BCUT2D eigenvalue weighted by Gasteiger charge is 2.42. The van der Waals surface area contributed by atoms with Gasteiger partial charge in [0.2, 0.25) is 5.91 Å². The Hall–Kier alpha value is -2.56. The topological polar surface area (TPSA) is 56.4 Å². The van der Waals surface area contributed by atoms with Crippen molar-refractivity contribution in [1.82, 2.24) is 14.8 Å². The van der Waals surface area contributed by atoms with Crippen molar-refractivity contribution < 1.29 is 9.59 Å². The van der Waals surface area contributed by atoms with Crippen LogP contribution in [-0.4, -0.2) is 45.7 Å². The van der Waals surface area contributed by atoms with Gasteiger partial charge in [0.25, 0.3) is 5.91 Å². The summed E-state index contributed by atoms with van der Waals surface area (Å²) >= 11 is 0. The first kappa shape index (κ1) is 15.0. The molecule has 3 saturated heterocycles. The third-order valence-electron chi connectivity index (χ3n) is 5.10. The van der Waals surface area contributed by atoms with Gasteiger partial charge in [0.05, 0.1) is 5.92 Å². The Labute approximate surface area is 141 Å². The summed E-state index contributed by atoms with van der Waals surface area (Å²) in [5, 5.41) is 0. The van der Waals surface area contributed by atoms with E-state index in [9.17, 15) is 9.59 Å². The minimum absolute atomic E-state index is 0.00809. The number of amides is 2. The number of rotatable bonds is 3. The molecule has 2 atom stereocenters. The van der Waals surface area contributed by atoms with Crippen molar-refractivity contribution in [3.05, 3.63) is 59.9 Å². The largest absolute Gasteiger partial charge is 0.357 e. The fourth-order valence-electron chi connectivity index (χ4n) is 3.83. The number of hydrogen-bond donors (Lipinski definition) is 1. The Morgan fingerprint density at radius 2 is 1.92 bits per heavy atom. The maximum absolute atomic E-state index is 12.8. The molecule has 1 aromatic heterocycles. The van der Waals surface area contributed by atoms with Crippen LogP contribution in [0.25, 0.3) is 0 Å². The average Bonchev–Trinajstić information content (AvgIpc) is 3.01. The van der Waals surface area contributed by atoms with Crippen molar-refractivity contribution in [3.63, 3.8) is 0 Å². The molecule has 3 aliphatic rings. The molecule has 5 nitrogen and oxygen atoms in total. The molecule has 0 spiro atoms. The van der Waals surface area contributed by atoms with Crippen molar-refractivity contribution in [3.8, 4) is 0 Å². The van der Waals surface area contributed by atoms with Crippen LogP contribution in [-0.2, 0) is 11.3 Å². The van der Waals surface area contributed by atoms with Gasteiger partial charge in [-0.1, -0.05) is 30.3 Å². The maximum Gasteiger partial charge on any atom is 0.270 e. The molecule has 3 aliphatic heterocycles. The first-order valence-corrected chi connectivity index (χ1v) is 8.49. The van der Waals surface area contributed by atoms with E-state index in [0.29, 0.717) is 25.3 Å². The van der Waals surface area contributed by atoms with Crippen molar-refractivity contribution in [1.29, 1.82) is 0 Å². The van der Waals surface area contributed by atoms with Crippen LogP contribution in [0.2, 0.25) is 0 Å². The fraction of sp³-hybridized carbons (Fsp3) is 0.368. The van der Waals surface area contributed by atoms with Crippen molar-refractivity contribution >= 4 is 11.8 Å². The fourth-order valence-corrected chi connectivity index (χ4v) is 3.83. The number of aromatic nitrogens is 1. The molecule has 124 valence electrons. The van der Waals surface area contributed by atoms with E-state index in [4.69, 9.17) is 0 Å². The quantitative estimate of drug-likeness (QED) is 0.942. The molecule has 5 heteroatoms. The van der Waals surface area contributed by atoms with Crippen LogP contribution in [0, 0.1) is 5.92 Å². The summed E-state index contributed by atoms with van der Waals surface area (Å²) in [4.78, 5) is 32.3. The van der Waals surface area contributed by atoms with Crippen LogP contribution in [0.1, 0.15) is 28.9 Å². The standard InChI is InChI=1S/C19H21N3O2/c23-18-15-8-9-16(22(18)11-14-5-2-1-3-6-14)13-21(12-15)19(24)17-7-4-10-20-17/h1-7,10,15-16,20H,8-9,11-13H2. The monoisotopic (exact) mass is 323 g/mol. The second-order valence-corrected chi connectivity index (χ2v) is 6.67. The zero-order valence-corrected chi connectivity index (χ0v) is 13.5. The van der Waals surface area contributed by atoms with E-state index in [1.165, 1.54) is 0 Å². The molecule has 2 unspecified atom stereocenters. The summed E-state index contributed by atoms with van der Waals surface area (Å²) in [5.41, 5.74) is 1.74. The normalized spacial score (nSPS) is 23.4. The molecule has 1 aromatic carbocycles. The number of hydrogen-bond acceptors (Lipinski definition) is 2. The van der Waals surface area contributed by atoms with E-state index < -0.39 is 0 Å². The highest BCUT2D eigenvalue weighted by Crippen LogP contribution is 2.31. The van der Waals surface area contributed by atoms with Gasteiger partial charge in [-0.15, -0.1) is 0 Å². The number of piperidine rings is 1. The molecule has 4 heterocycles. The minimum Gasteiger partial charge on any atom is -0.357 e. The van der Waals surface area contributed by atoms with Gasteiger partial charge in [0.1, 0.15) is 5.69 Å². The lowest BCUT2D eigenvalue weighted by Gasteiger charge is -2.36. The van der Waals surface area contributed by atoms with Crippen LogP contribution < -0.4 is 0 Å². The van der Waals surface area contributed by atoms with Crippen molar-refractivity contribution in [2.75, 3.05) is 13.1 Å². The SMILES string of the molecule is O=C(c1ccc[nH]1)N1CC2CCC(C1)N(Cc1ccccc1)C2=O. The van der Waals surface area contributed by atoms with Gasteiger partial charge in [-0.2, -0.15) is 0 Å². The molecule has 5 rings (SSSR count). The number of nitrogens with zero attached hydrogens (tertiary/aromatic N) is 2. The third-order valence-corrected chi connectivity index (χ3v) is 5.10. The number of H-pyrrole nitrogens is 1. The second kappa shape index (κ2) is 6.15. The van der Waals surface area contributed by atoms with E-state index in [1.54, 1.807) is 12.3 Å². The van der Waals surface area contributed by atoms with Crippen LogP contribution in [0.3, 0.4) is 0 Å². The molecule has 2 amide bonds. The van der Waals surface area contributed by atoms with E-state index in [0.717, 1.165) is 18.4 Å².